The van der Waals surface area contributed by atoms with Crippen molar-refractivity contribution >= 4 is 32.7 Å². The van der Waals surface area contributed by atoms with Crippen LogP contribution in [0.2, 0.25) is 0 Å². The first-order chi connectivity index (χ1) is 13.9. The Balaban J connectivity index is 1.61. The number of sulfonamides is 1. The van der Waals surface area contributed by atoms with Crippen LogP contribution in [-0.4, -0.2) is 41.7 Å². The second kappa shape index (κ2) is 7.88. The predicted molar refractivity (Wildman–Crippen MR) is 111 cm³/mol. The first-order valence-electron chi connectivity index (χ1n) is 9.58. The number of nitrogens with one attached hydrogen (secondary N) is 1. The van der Waals surface area contributed by atoms with E-state index in [4.69, 9.17) is 0 Å². The number of hydrogen-bond acceptors (Lipinski definition) is 5. The summed E-state index contributed by atoms with van der Waals surface area (Å²) in [5.41, 5.74) is 3.03. The van der Waals surface area contributed by atoms with Gasteiger partial charge >= 0.3 is 0 Å². The highest BCUT2D eigenvalue weighted by atomic mass is 32.2. The molecule has 7 nitrogen and oxygen atoms in total. The van der Waals surface area contributed by atoms with Crippen LogP contribution in [0.5, 0.6) is 0 Å². The summed E-state index contributed by atoms with van der Waals surface area (Å²) in [4.78, 5) is 21.4. The van der Waals surface area contributed by atoms with Gasteiger partial charge in [0.15, 0.2) is 0 Å². The van der Waals surface area contributed by atoms with Gasteiger partial charge in [0.1, 0.15) is 0 Å². The lowest BCUT2D eigenvalue weighted by Gasteiger charge is -2.26. The Kier molecular flexibility index (Phi) is 5.29. The average molecular weight is 410 g/mol. The maximum absolute atomic E-state index is 13.0. The van der Waals surface area contributed by atoms with Crippen LogP contribution in [0, 0.1) is 6.92 Å². The molecule has 0 unspecified atom stereocenters. The molecule has 1 saturated heterocycles. The summed E-state index contributed by atoms with van der Waals surface area (Å²) in [6.07, 6.45) is 5.97. The Morgan fingerprint density at radius 1 is 0.966 bits per heavy atom. The van der Waals surface area contributed by atoms with Gasteiger partial charge in [-0.25, -0.2) is 8.42 Å². The first kappa shape index (κ1) is 19.5. The SMILES string of the molecule is Cc1ccc(S(=O)(=O)N2CCCCC2)cc1NC(=O)c1ccc2nccnc2c1. The van der Waals surface area contributed by atoms with Crippen molar-refractivity contribution < 1.29 is 13.2 Å². The average Bonchev–Trinajstić information content (AvgIpc) is 2.75. The fraction of sp³-hybridized carbons (Fsp3) is 0.286. The van der Waals surface area contributed by atoms with Gasteiger partial charge in [-0.2, -0.15) is 4.31 Å². The fourth-order valence-corrected chi connectivity index (χ4v) is 4.99. The molecule has 0 bridgehead atoms. The van der Waals surface area contributed by atoms with Gasteiger partial charge in [0, 0.05) is 36.7 Å². The van der Waals surface area contributed by atoms with Gasteiger partial charge in [-0.15, -0.1) is 0 Å². The summed E-state index contributed by atoms with van der Waals surface area (Å²) >= 11 is 0. The third-order valence-corrected chi connectivity index (χ3v) is 7.04. The predicted octanol–water partition coefficient (Wildman–Crippen LogP) is 3.37. The second-order valence-corrected chi connectivity index (χ2v) is 9.09. The topological polar surface area (TPSA) is 92.3 Å². The monoisotopic (exact) mass is 410 g/mol. The van der Waals surface area contributed by atoms with E-state index < -0.39 is 10.0 Å². The number of piperidine rings is 1. The van der Waals surface area contributed by atoms with Crippen molar-refractivity contribution in [3.05, 3.63) is 59.9 Å². The number of amides is 1. The van der Waals surface area contributed by atoms with Crippen LogP contribution < -0.4 is 5.32 Å². The van der Waals surface area contributed by atoms with Crippen molar-refractivity contribution in [3.8, 4) is 0 Å². The number of aromatic nitrogens is 2. The molecule has 0 aliphatic carbocycles. The number of benzene rings is 2. The smallest absolute Gasteiger partial charge is 0.255 e. The third-order valence-electron chi connectivity index (χ3n) is 5.14. The number of carbonyl (C=O) groups is 1. The van der Waals surface area contributed by atoms with Gasteiger partial charge in [0.05, 0.1) is 15.9 Å². The number of nitrogens with zero attached hydrogens (tertiary/aromatic N) is 3. The van der Waals surface area contributed by atoms with Gasteiger partial charge in [-0.05, 0) is 55.7 Å². The maximum atomic E-state index is 13.0. The summed E-state index contributed by atoms with van der Waals surface area (Å²) in [6.45, 7) is 2.91. The summed E-state index contributed by atoms with van der Waals surface area (Å²) in [5, 5.41) is 2.84. The molecule has 0 atom stereocenters. The second-order valence-electron chi connectivity index (χ2n) is 7.16. The van der Waals surface area contributed by atoms with E-state index in [0.29, 0.717) is 35.4 Å². The van der Waals surface area contributed by atoms with Gasteiger partial charge in [-0.3, -0.25) is 14.8 Å². The summed E-state index contributed by atoms with van der Waals surface area (Å²) < 4.78 is 27.4. The van der Waals surface area contributed by atoms with Crippen molar-refractivity contribution in [1.29, 1.82) is 0 Å². The highest BCUT2D eigenvalue weighted by Crippen LogP contribution is 2.25. The lowest BCUT2D eigenvalue weighted by molar-refractivity contribution is 0.102. The molecule has 1 fully saturated rings. The Bertz CT molecular complexity index is 1170. The zero-order valence-electron chi connectivity index (χ0n) is 16.1. The van der Waals surface area contributed by atoms with Crippen LogP contribution in [-0.2, 0) is 10.0 Å². The number of hydrogen-bond donors (Lipinski definition) is 1. The molecule has 1 aliphatic heterocycles. The molecule has 4 rings (SSSR count). The summed E-state index contributed by atoms with van der Waals surface area (Å²) in [7, 11) is -3.57. The minimum absolute atomic E-state index is 0.199. The van der Waals surface area contributed by atoms with Crippen molar-refractivity contribution in [3.63, 3.8) is 0 Å². The molecule has 29 heavy (non-hydrogen) atoms. The van der Waals surface area contributed by atoms with E-state index in [-0.39, 0.29) is 10.8 Å². The molecule has 8 heteroatoms. The van der Waals surface area contributed by atoms with E-state index in [1.807, 2.05) is 6.92 Å². The molecule has 2 aromatic carbocycles. The Hall–Kier alpha value is -2.84. The molecular formula is C21H22N4O3S. The van der Waals surface area contributed by atoms with Gasteiger partial charge in [0.2, 0.25) is 10.0 Å². The fourth-order valence-electron chi connectivity index (χ4n) is 3.45. The van der Waals surface area contributed by atoms with E-state index in [9.17, 15) is 13.2 Å². The maximum Gasteiger partial charge on any atom is 0.255 e. The minimum atomic E-state index is -3.57. The molecule has 0 radical (unpaired) electrons. The normalized spacial score (nSPS) is 15.3. The van der Waals surface area contributed by atoms with Crippen LogP contribution in [0.25, 0.3) is 11.0 Å². The molecule has 0 saturated carbocycles. The van der Waals surface area contributed by atoms with Crippen molar-refractivity contribution in [2.24, 2.45) is 0 Å². The zero-order chi connectivity index (χ0) is 20.4. The quantitative estimate of drug-likeness (QED) is 0.712. The molecule has 2 heterocycles. The molecule has 1 aliphatic rings. The number of carbonyl (C=O) groups excluding carboxylic acids is 1. The number of aryl methyl sites for hydroxylation is 1. The van der Waals surface area contributed by atoms with E-state index >= 15 is 0 Å². The zero-order valence-corrected chi connectivity index (χ0v) is 16.9. The Morgan fingerprint density at radius 2 is 1.69 bits per heavy atom. The Morgan fingerprint density at radius 3 is 2.45 bits per heavy atom. The van der Waals surface area contributed by atoms with E-state index in [0.717, 1.165) is 24.8 Å². The van der Waals surface area contributed by atoms with Gasteiger partial charge < -0.3 is 5.32 Å². The lowest BCUT2D eigenvalue weighted by atomic mass is 10.1. The van der Waals surface area contributed by atoms with Crippen LogP contribution in [0.15, 0.2) is 53.7 Å². The number of fused-ring (bicyclic) bond motifs is 1. The summed E-state index contributed by atoms with van der Waals surface area (Å²) in [6, 6.07) is 9.94. The number of rotatable bonds is 4. The molecule has 0 spiro atoms. The van der Waals surface area contributed by atoms with Crippen LogP contribution in [0.3, 0.4) is 0 Å². The Labute approximate surface area is 169 Å². The molecular weight excluding hydrogens is 388 g/mol. The minimum Gasteiger partial charge on any atom is -0.322 e. The van der Waals surface area contributed by atoms with E-state index in [2.05, 4.69) is 15.3 Å². The highest BCUT2D eigenvalue weighted by Gasteiger charge is 2.26. The third kappa shape index (κ3) is 3.99. The van der Waals surface area contributed by atoms with Gasteiger partial charge in [0.25, 0.3) is 5.91 Å². The van der Waals surface area contributed by atoms with Crippen LogP contribution >= 0.6 is 0 Å². The highest BCUT2D eigenvalue weighted by molar-refractivity contribution is 7.89. The molecule has 3 aromatic rings. The largest absolute Gasteiger partial charge is 0.322 e. The van der Waals surface area contributed by atoms with Crippen molar-refractivity contribution in [1.82, 2.24) is 14.3 Å². The number of anilines is 1. The molecule has 1 N–H and O–H groups in total. The molecule has 150 valence electrons. The van der Waals surface area contributed by atoms with Crippen molar-refractivity contribution in [2.45, 2.75) is 31.1 Å². The standard InChI is InChI=1S/C21H22N4O3S/c1-15-5-7-17(29(27,28)25-11-3-2-4-12-25)14-19(15)24-21(26)16-6-8-18-20(13-16)23-10-9-22-18/h5-10,13-14H,2-4,11-12H2,1H3,(H,24,26). The van der Waals surface area contributed by atoms with Crippen molar-refractivity contribution in [2.75, 3.05) is 18.4 Å². The first-order valence-corrected chi connectivity index (χ1v) is 11.0. The van der Waals surface area contributed by atoms with E-state index in [1.54, 1.807) is 42.7 Å². The van der Waals surface area contributed by atoms with Crippen LogP contribution in [0.1, 0.15) is 35.2 Å². The van der Waals surface area contributed by atoms with E-state index in [1.165, 1.54) is 10.4 Å². The summed E-state index contributed by atoms with van der Waals surface area (Å²) in [5.74, 6) is -0.326. The molecule has 1 aromatic heterocycles. The van der Waals surface area contributed by atoms with Crippen LogP contribution in [0.4, 0.5) is 5.69 Å². The lowest BCUT2D eigenvalue weighted by Crippen LogP contribution is -2.35. The van der Waals surface area contributed by atoms with Gasteiger partial charge in [-0.1, -0.05) is 12.5 Å². The molecule has 1 amide bonds.